The third-order valence-electron chi connectivity index (χ3n) is 4.57. The van der Waals surface area contributed by atoms with Crippen LogP contribution in [0.15, 0.2) is 40.6 Å². The third-order valence-corrected chi connectivity index (χ3v) is 6.36. The molecule has 25 heavy (non-hydrogen) atoms. The molecule has 0 bridgehead atoms. The summed E-state index contributed by atoms with van der Waals surface area (Å²) in [6.45, 7) is 6.77. The molecule has 3 rings (SSSR count). The van der Waals surface area contributed by atoms with Crippen LogP contribution in [0.3, 0.4) is 0 Å². The Morgan fingerprint density at radius 3 is 2.56 bits per heavy atom. The van der Waals surface area contributed by atoms with Crippen molar-refractivity contribution in [3.05, 3.63) is 50.4 Å². The van der Waals surface area contributed by atoms with Crippen LogP contribution in [0.1, 0.15) is 22.7 Å². The molecule has 0 spiro atoms. The van der Waals surface area contributed by atoms with Crippen molar-refractivity contribution in [3.63, 3.8) is 0 Å². The van der Waals surface area contributed by atoms with E-state index in [-0.39, 0.29) is 11.9 Å². The topological polar surface area (TPSA) is 35.6 Å². The molecule has 2 aromatic heterocycles. The maximum Gasteiger partial charge on any atom is 0.247 e. The summed E-state index contributed by atoms with van der Waals surface area (Å²) in [7, 11) is 2.16. The number of piperazine rings is 1. The monoisotopic (exact) mass is 375 g/mol. The van der Waals surface area contributed by atoms with E-state index in [1.807, 2.05) is 30.5 Å². The first-order valence-electron chi connectivity index (χ1n) is 8.59. The molecule has 0 saturated carbocycles. The van der Waals surface area contributed by atoms with Crippen molar-refractivity contribution in [2.75, 3.05) is 39.8 Å². The van der Waals surface area contributed by atoms with Gasteiger partial charge >= 0.3 is 0 Å². The smallest absolute Gasteiger partial charge is 0.247 e. The zero-order valence-electron chi connectivity index (χ0n) is 14.8. The lowest BCUT2D eigenvalue weighted by Crippen LogP contribution is -2.48. The maximum atomic E-state index is 12.5. The fourth-order valence-electron chi connectivity index (χ4n) is 3.01. The van der Waals surface area contributed by atoms with Crippen molar-refractivity contribution in [2.45, 2.75) is 13.0 Å². The number of rotatable bonds is 6. The second-order valence-electron chi connectivity index (χ2n) is 6.42. The Morgan fingerprint density at radius 1 is 1.20 bits per heavy atom. The summed E-state index contributed by atoms with van der Waals surface area (Å²) in [5.41, 5.74) is 0.755. The third kappa shape index (κ3) is 5.01. The van der Waals surface area contributed by atoms with E-state index < -0.39 is 0 Å². The number of amides is 1. The maximum absolute atomic E-state index is 12.5. The number of hydrogen-bond acceptors (Lipinski definition) is 5. The van der Waals surface area contributed by atoms with Crippen LogP contribution in [0.2, 0.25) is 0 Å². The molecule has 3 heterocycles. The van der Waals surface area contributed by atoms with Gasteiger partial charge in [-0.1, -0.05) is 12.1 Å². The molecule has 1 saturated heterocycles. The molecule has 1 unspecified atom stereocenters. The van der Waals surface area contributed by atoms with Gasteiger partial charge in [-0.15, -0.1) is 22.7 Å². The van der Waals surface area contributed by atoms with Gasteiger partial charge in [0.15, 0.2) is 0 Å². The minimum atomic E-state index is 0.0177. The highest BCUT2D eigenvalue weighted by Gasteiger charge is 2.25. The number of likely N-dealkylation sites (N-methyl/N-ethyl adjacent to an activating group) is 1. The van der Waals surface area contributed by atoms with E-state index in [0.717, 1.165) is 36.6 Å². The van der Waals surface area contributed by atoms with E-state index in [2.05, 4.69) is 39.7 Å². The molecule has 1 amide bonds. The van der Waals surface area contributed by atoms with Crippen LogP contribution in [-0.4, -0.2) is 55.5 Å². The van der Waals surface area contributed by atoms with Crippen molar-refractivity contribution in [1.82, 2.24) is 15.1 Å². The first-order valence-corrected chi connectivity index (χ1v) is 10.4. The Balaban J connectivity index is 1.63. The van der Waals surface area contributed by atoms with Crippen molar-refractivity contribution >= 4 is 34.7 Å². The van der Waals surface area contributed by atoms with Gasteiger partial charge in [-0.3, -0.25) is 9.69 Å². The fourth-order valence-corrected chi connectivity index (χ4v) is 4.58. The molecule has 1 fully saturated rings. The van der Waals surface area contributed by atoms with Gasteiger partial charge in [0.05, 0.1) is 6.04 Å². The Morgan fingerprint density at radius 2 is 1.92 bits per heavy atom. The van der Waals surface area contributed by atoms with Crippen LogP contribution in [0.5, 0.6) is 0 Å². The largest absolute Gasteiger partial charge is 0.350 e. The second-order valence-corrected chi connectivity index (χ2v) is 8.38. The molecular weight excluding hydrogens is 350 g/mol. The summed E-state index contributed by atoms with van der Waals surface area (Å²) in [5, 5.41) is 7.28. The van der Waals surface area contributed by atoms with Crippen molar-refractivity contribution in [3.8, 4) is 0 Å². The van der Waals surface area contributed by atoms with Gasteiger partial charge < -0.3 is 10.2 Å². The van der Waals surface area contributed by atoms with Gasteiger partial charge in [0.1, 0.15) is 0 Å². The zero-order valence-corrected chi connectivity index (χ0v) is 16.4. The minimum absolute atomic E-state index is 0.0177. The number of nitrogens with one attached hydrogen (secondary N) is 1. The highest BCUT2D eigenvalue weighted by molar-refractivity contribution is 7.10. The first kappa shape index (κ1) is 18.3. The lowest BCUT2D eigenvalue weighted by atomic mass is 10.1. The molecule has 0 radical (unpaired) electrons. The highest BCUT2D eigenvalue weighted by atomic mass is 32.1. The van der Waals surface area contributed by atoms with Crippen LogP contribution in [-0.2, 0) is 4.79 Å². The molecule has 4 nitrogen and oxygen atoms in total. The fraction of sp³-hybridized carbons (Fsp3) is 0.421. The van der Waals surface area contributed by atoms with E-state index >= 15 is 0 Å². The predicted molar refractivity (Wildman–Crippen MR) is 107 cm³/mol. The van der Waals surface area contributed by atoms with Gasteiger partial charge in [0.2, 0.25) is 5.91 Å². The molecular formula is C19H25N3OS2. The van der Waals surface area contributed by atoms with E-state index in [4.69, 9.17) is 0 Å². The van der Waals surface area contributed by atoms with E-state index in [1.54, 1.807) is 22.7 Å². The minimum Gasteiger partial charge on any atom is -0.350 e. The van der Waals surface area contributed by atoms with Crippen molar-refractivity contribution < 1.29 is 4.79 Å². The Kier molecular flexibility index (Phi) is 6.42. The molecule has 6 heteroatoms. The van der Waals surface area contributed by atoms with Crippen molar-refractivity contribution in [2.24, 2.45) is 0 Å². The van der Waals surface area contributed by atoms with Gasteiger partial charge in [0, 0.05) is 48.1 Å². The molecule has 134 valence electrons. The van der Waals surface area contributed by atoms with Gasteiger partial charge in [0.25, 0.3) is 0 Å². The molecule has 1 N–H and O–H groups in total. The summed E-state index contributed by atoms with van der Waals surface area (Å²) >= 11 is 3.42. The van der Waals surface area contributed by atoms with E-state index in [0.29, 0.717) is 6.54 Å². The van der Waals surface area contributed by atoms with Gasteiger partial charge in [-0.25, -0.2) is 0 Å². The summed E-state index contributed by atoms with van der Waals surface area (Å²) in [6.07, 6.45) is 1.95. The molecule has 0 aromatic carbocycles. The van der Waals surface area contributed by atoms with Crippen molar-refractivity contribution in [1.29, 1.82) is 0 Å². The lowest BCUT2D eigenvalue weighted by Gasteiger charge is -2.37. The standard InChI is InChI=1S/C19H25N3OS2/c1-15(13-16-5-3-11-24-16)19(23)20-14-17(18-6-4-12-25-18)22-9-7-21(2)8-10-22/h3-6,11-13,17H,7-10,14H2,1-2H3,(H,20,23)/b15-13+. The molecule has 2 aromatic rings. The normalized spacial score (nSPS) is 18.2. The Bertz CT molecular complexity index is 686. The highest BCUT2D eigenvalue weighted by Crippen LogP contribution is 2.25. The van der Waals surface area contributed by atoms with Gasteiger partial charge in [-0.2, -0.15) is 0 Å². The summed E-state index contributed by atoms with van der Waals surface area (Å²) in [4.78, 5) is 19.8. The number of carbonyl (C=O) groups excluding carboxylic acids is 1. The van der Waals surface area contributed by atoms with E-state index in [1.165, 1.54) is 4.88 Å². The quantitative estimate of drug-likeness (QED) is 0.787. The summed E-state index contributed by atoms with van der Waals surface area (Å²) in [6, 6.07) is 8.55. The SMILES string of the molecule is C/C(=C\c1cccs1)C(=O)NCC(c1cccs1)N1CCN(C)CC1. The second kappa shape index (κ2) is 8.76. The van der Waals surface area contributed by atoms with Crippen LogP contribution < -0.4 is 5.32 Å². The van der Waals surface area contributed by atoms with Crippen LogP contribution >= 0.6 is 22.7 Å². The number of carbonyl (C=O) groups is 1. The zero-order chi connectivity index (χ0) is 17.6. The molecule has 1 aliphatic heterocycles. The average Bonchev–Trinajstić information content (AvgIpc) is 3.30. The number of nitrogens with zero attached hydrogens (tertiary/aromatic N) is 2. The summed E-state index contributed by atoms with van der Waals surface area (Å²) in [5.74, 6) is 0.0177. The first-order chi connectivity index (χ1) is 12.1. The molecule has 1 atom stereocenters. The van der Waals surface area contributed by atoms with Crippen LogP contribution in [0.4, 0.5) is 0 Å². The predicted octanol–water partition coefficient (Wildman–Crippen LogP) is 3.32. The van der Waals surface area contributed by atoms with E-state index in [9.17, 15) is 4.79 Å². The summed E-state index contributed by atoms with van der Waals surface area (Å²) < 4.78 is 0. The average molecular weight is 376 g/mol. The van der Waals surface area contributed by atoms with Gasteiger partial charge in [-0.05, 0) is 42.9 Å². The number of thiophene rings is 2. The Hall–Kier alpha value is -1.47. The molecule has 0 aliphatic carbocycles. The Labute approximate surface area is 157 Å². The number of hydrogen-bond donors (Lipinski definition) is 1. The molecule has 1 aliphatic rings. The van der Waals surface area contributed by atoms with Crippen LogP contribution in [0, 0.1) is 0 Å². The van der Waals surface area contributed by atoms with Crippen LogP contribution in [0.25, 0.3) is 6.08 Å². The lowest BCUT2D eigenvalue weighted by molar-refractivity contribution is -0.117.